The van der Waals surface area contributed by atoms with Crippen LogP contribution >= 0.6 is 0 Å². The summed E-state index contributed by atoms with van der Waals surface area (Å²) in [5.74, 6) is -0.00369. The van der Waals surface area contributed by atoms with Gasteiger partial charge in [-0.25, -0.2) is 0 Å². The third-order valence-electron chi connectivity index (χ3n) is 0.995. The lowest BCUT2D eigenvalue weighted by atomic mass is 10.4. The van der Waals surface area contributed by atoms with E-state index >= 15 is 0 Å². The van der Waals surface area contributed by atoms with Crippen LogP contribution in [0.2, 0.25) is 0 Å². The van der Waals surface area contributed by atoms with Crippen LogP contribution in [0, 0.1) is 0 Å². The highest BCUT2D eigenvalue weighted by Crippen LogP contribution is 1.81. The molecule has 0 fully saturated rings. The number of carbonyl (C=O) groups is 1. The van der Waals surface area contributed by atoms with Gasteiger partial charge in [0.15, 0.2) is 5.96 Å². The molecule has 5 N–H and O–H groups in total. The topological polar surface area (TPSA) is 93.5 Å². The molecule has 0 atom stereocenters. The van der Waals surface area contributed by atoms with Gasteiger partial charge in [-0.2, -0.15) is 0 Å². The van der Waals surface area contributed by atoms with Gasteiger partial charge in [-0.1, -0.05) is 6.08 Å². The van der Waals surface area contributed by atoms with Crippen molar-refractivity contribution in [3.63, 3.8) is 0 Å². The number of guanidine groups is 1. The molecule has 5 heteroatoms. The van der Waals surface area contributed by atoms with E-state index < -0.39 is 0 Å². The van der Waals surface area contributed by atoms with Crippen LogP contribution in [0.3, 0.4) is 0 Å². The summed E-state index contributed by atoms with van der Waals surface area (Å²) in [6.07, 6.45) is 4.07. The summed E-state index contributed by atoms with van der Waals surface area (Å²) in [7, 11) is 0. The minimum absolute atomic E-state index is 0.0860. The van der Waals surface area contributed by atoms with Crippen molar-refractivity contribution in [1.29, 1.82) is 0 Å². The highest BCUT2D eigenvalue weighted by atomic mass is 16.1. The fourth-order valence-corrected chi connectivity index (χ4v) is 0.528. The number of carbonyl (C=O) groups excluding carboxylic acids is 1. The number of nitrogens with zero attached hydrogens (tertiary/aromatic N) is 1. The minimum atomic E-state index is -0.0897. The van der Waals surface area contributed by atoms with Crippen molar-refractivity contribution < 1.29 is 4.79 Å². The fraction of sp³-hybridized carbons (Fsp3) is 0.429. The van der Waals surface area contributed by atoms with E-state index in [9.17, 15) is 4.79 Å². The summed E-state index contributed by atoms with van der Waals surface area (Å²) in [5, 5.41) is 2.50. The standard InChI is InChI=1S/C7H14N4O/c1-6(12)10-4-2-3-5-11-7(8)9/h2,4H,3,5H2,1H3,(H,10,12)(H4,8,9,11). The van der Waals surface area contributed by atoms with E-state index in [2.05, 4.69) is 10.3 Å². The molecule has 1 amide bonds. The van der Waals surface area contributed by atoms with Gasteiger partial charge in [-0.15, -0.1) is 0 Å². The SMILES string of the molecule is CC(=O)NC=CCCN=C(N)N. The van der Waals surface area contributed by atoms with Crippen LogP contribution in [-0.2, 0) is 4.79 Å². The Hall–Kier alpha value is -1.52. The summed E-state index contributed by atoms with van der Waals surface area (Å²) < 4.78 is 0. The second-order valence-electron chi connectivity index (χ2n) is 2.20. The molecule has 0 radical (unpaired) electrons. The lowest BCUT2D eigenvalue weighted by molar-refractivity contribution is -0.118. The third kappa shape index (κ3) is 8.48. The second kappa shape index (κ2) is 6.21. The number of amides is 1. The summed E-state index contributed by atoms with van der Waals surface area (Å²) >= 11 is 0. The Morgan fingerprint density at radius 3 is 2.75 bits per heavy atom. The molecular formula is C7H14N4O. The van der Waals surface area contributed by atoms with Crippen LogP contribution in [0.1, 0.15) is 13.3 Å². The zero-order valence-corrected chi connectivity index (χ0v) is 7.08. The molecule has 68 valence electrons. The van der Waals surface area contributed by atoms with Crippen molar-refractivity contribution in [3.8, 4) is 0 Å². The number of rotatable bonds is 4. The summed E-state index contributed by atoms with van der Waals surface area (Å²) in [6, 6.07) is 0. The first-order chi connectivity index (χ1) is 5.63. The lowest BCUT2D eigenvalue weighted by Gasteiger charge is -1.91. The van der Waals surface area contributed by atoms with Gasteiger partial charge in [0, 0.05) is 13.5 Å². The molecule has 0 unspecified atom stereocenters. The highest BCUT2D eigenvalue weighted by molar-refractivity contribution is 5.75. The van der Waals surface area contributed by atoms with Crippen LogP contribution in [-0.4, -0.2) is 18.4 Å². The van der Waals surface area contributed by atoms with Crippen molar-refractivity contribution in [2.75, 3.05) is 6.54 Å². The first-order valence-corrected chi connectivity index (χ1v) is 3.60. The maximum atomic E-state index is 10.4. The van der Waals surface area contributed by atoms with Gasteiger partial charge in [-0.3, -0.25) is 9.79 Å². The van der Waals surface area contributed by atoms with Crippen LogP contribution in [0.25, 0.3) is 0 Å². The second-order valence-corrected chi connectivity index (χ2v) is 2.20. The van der Waals surface area contributed by atoms with Crippen molar-refractivity contribution in [2.45, 2.75) is 13.3 Å². The van der Waals surface area contributed by atoms with E-state index in [1.165, 1.54) is 6.92 Å². The molecule has 0 saturated heterocycles. The van der Waals surface area contributed by atoms with Gasteiger partial charge in [0.1, 0.15) is 0 Å². The van der Waals surface area contributed by atoms with E-state index in [-0.39, 0.29) is 11.9 Å². The minimum Gasteiger partial charge on any atom is -0.370 e. The molecule has 5 nitrogen and oxygen atoms in total. The number of nitrogens with one attached hydrogen (secondary N) is 1. The molecule has 0 spiro atoms. The predicted molar refractivity (Wildman–Crippen MR) is 48.3 cm³/mol. The summed E-state index contributed by atoms with van der Waals surface area (Å²) in [4.78, 5) is 14.1. The van der Waals surface area contributed by atoms with Gasteiger partial charge in [0.2, 0.25) is 5.91 Å². The molecule has 0 heterocycles. The monoisotopic (exact) mass is 170 g/mol. The number of aliphatic imine (C=N–C) groups is 1. The van der Waals surface area contributed by atoms with Crippen LogP contribution < -0.4 is 16.8 Å². The Morgan fingerprint density at radius 2 is 2.25 bits per heavy atom. The van der Waals surface area contributed by atoms with E-state index in [0.717, 1.165) is 0 Å². The van der Waals surface area contributed by atoms with Gasteiger partial charge < -0.3 is 16.8 Å². The largest absolute Gasteiger partial charge is 0.370 e. The summed E-state index contributed by atoms with van der Waals surface area (Å²) in [6.45, 7) is 1.98. The quantitative estimate of drug-likeness (QED) is 0.296. The average molecular weight is 170 g/mol. The number of hydrogen-bond acceptors (Lipinski definition) is 2. The zero-order valence-electron chi connectivity index (χ0n) is 7.08. The third-order valence-corrected chi connectivity index (χ3v) is 0.995. The van der Waals surface area contributed by atoms with Gasteiger partial charge in [-0.05, 0) is 12.6 Å². The highest BCUT2D eigenvalue weighted by Gasteiger charge is 1.82. The molecule has 12 heavy (non-hydrogen) atoms. The molecule has 0 aliphatic rings. The molecule has 0 rings (SSSR count). The Morgan fingerprint density at radius 1 is 1.58 bits per heavy atom. The molecule has 0 bridgehead atoms. The molecule has 0 aromatic carbocycles. The number of hydrogen-bond donors (Lipinski definition) is 3. The van der Waals surface area contributed by atoms with E-state index in [1.54, 1.807) is 12.3 Å². The first-order valence-electron chi connectivity index (χ1n) is 3.60. The Bertz CT molecular complexity index is 194. The van der Waals surface area contributed by atoms with Crippen LogP contribution in [0.4, 0.5) is 0 Å². The fourth-order valence-electron chi connectivity index (χ4n) is 0.528. The molecule has 0 aromatic rings. The van der Waals surface area contributed by atoms with Crippen molar-refractivity contribution in [1.82, 2.24) is 5.32 Å². The Balaban J connectivity index is 3.37. The van der Waals surface area contributed by atoms with E-state index in [0.29, 0.717) is 13.0 Å². The molecule has 0 saturated carbocycles. The molecule has 0 aliphatic carbocycles. The Kier molecular flexibility index (Phi) is 5.42. The normalized spacial score (nSPS) is 9.75. The maximum absolute atomic E-state index is 10.4. The van der Waals surface area contributed by atoms with E-state index in [1.807, 2.05) is 0 Å². The number of nitrogens with two attached hydrogens (primary N) is 2. The summed E-state index contributed by atoms with van der Waals surface area (Å²) in [5.41, 5.74) is 10.2. The van der Waals surface area contributed by atoms with Crippen LogP contribution in [0.15, 0.2) is 17.3 Å². The van der Waals surface area contributed by atoms with Gasteiger partial charge in [0.25, 0.3) is 0 Å². The first kappa shape index (κ1) is 10.5. The maximum Gasteiger partial charge on any atom is 0.220 e. The van der Waals surface area contributed by atoms with Crippen molar-refractivity contribution >= 4 is 11.9 Å². The smallest absolute Gasteiger partial charge is 0.220 e. The van der Waals surface area contributed by atoms with Gasteiger partial charge in [0.05, 0.1) is 0 Å². The average Bonchev–Trinajstić information content (AvgIpc) is 1.95. The van der Waals surface area contributed by atoms with E-state index in [4.69, 9.17) is 11.5 Å². The molecule has 0 aliphatic heterocycles. The zero-order chi connectivity index (χ0) is 9.40. The lowest BCUT2D eigenvalue weighted by Crippen LogP contribution is -2.22. The molecule has 0 aromatic heterocycles. The molecular weight excluding hydrogens is 156 g/mol. The predicted octanol–water partition coefficient (Wildman–Crippen LogP) is -0.700. The van der Waals surface area contributed by atoms with Crippen molar-refractivity contribution in [2.24, 2.45) is 16.5 Å². The van der Waals surface area contributed by atoms with Gasteiger partial charge >= 0.3 is 0 Å². The Labute approximate surface area is 71.5 Å². The van der Waals surface area contributed by atoms with Crippen molar-refractivity contribution in [3.05, 3.63) is 12.3 Å². The van der Waals surface area contributed by atoms with Crippen LogP contribution in [0.5, 0.6) is 0 Å².